The lowest BCUT2D eigenvalue weighted by molar-refractivity contribution is -0.00294. The second-order valence-corrected chi connectivity index (χ2v) is 7.36. The number of benzene rings is 1. The van der Waals surface area contributed by atoms with E-state index in [4.69, 9.17) is 0 Å². The van der Waals surface area contributed by atoms with Crippen LogP contribution in [0, 0.1) is 3.57 Å². The van der Waals surface area contributed by atoms with Crippen LogP contribution in [0.1, 0.15) is 38.1 Å². The summed E-state index contributed by atoms with van der Waals surface area (Å²) in [6.45, 7) is 6.95. The summed E-state index contributed by atoms with van der Waals surface area (Å²) < 4.78 is 1.73. The van der Waals surface area contributed by atoms with E-state index in [0.717, 1.165) is 8.04 Å². The first-order valence-corrected chi connectivity index (χ1v) is 7.42. The van der Waals surface area contributed by atoms with Gasteiger partial charge in [-0.25, -0.2) is 0 Å². The summed E-state index contributed by atoms with van der Waals surface area (Å²) in [5.74, 6) is -0.201. The maximum atomic E-state index is 12.2. The molecule has 5 heteroatoms. The zero-order valence-corrected chi connectivity index (χ0v) is 14.6. The first-order chi connectivity index (χ1) is 8.04. The Morgan fingerprint density at radius 3 is 2.39 bits per heavy atom. The maximum Gasteiger partial charge on any atom is 0.252 e. The predicted molar refractivity (Wildman–Crippen MR) is 84.7 cm³/mol. The second kappa shape index (κ2) is 5.46. The van der Waals surface area contributed by atoms with Crippen LogP contribution in [-0.4, -0.2) is 22.2 Å². The van der Waals surface area contributed by atoms with Crippen LogP contribution in [0.15, 0.2) is 22.7 Å². The van der Waals surface area contributed by atoms with Crippen molar-refractivity contribution < 1.29 is 9.90 Å². The van der Waals surface area contributed by atoms with Crippen LogP contribution in [0.25, 0.3) is 0 Å². The van der Waals surface area contributed by atoms with Crippen molar-refractivity contribution in [2.24, 2.45) is 0 Å². The lowest BCUT2D eigenvalue weighted by Crippen LogP contribution is -2.57. The standard InChI is InChI=1S/C13H17BrINO2/c1-12(2,13(3,4)18)16-11(17)9-7-8(15)5-6-10(9)14/h5-7,18H,1-4H3,(H,16,17). The zero-order valence-electron chi connectivity index (χ0n) is 10.8. The van der Waals surface area contributed by atoms with Gasteiger partial charge in [0.2, 0.25) is 0 Å². The van der Waals surface area contributed by atoms with Gasteiger partial charge in [0.1, 0.15) is 0 Å². The van der Waals surface area contributed by atoms with E-state index in [1.54, 1.807) is 33.8 Å². The predicted octanol–water partition coefficient (Wildman–Crippen LogP) is 3.33. The molecule has 18 heavy (non-hydrogen) atoms. The molecule has 0 saturated heterocycles. The Hall–Kier alpha value is -0.140. The van der Waals surface area contributed by atoms with Gasteiger partial charge in [0.05, 0.1) is 16.7 Å². The van der Waals surface area contributed by atoms with Gasteiger partial charge in [-0.3, -0.25) is 4.79 Å². The van der Waals surface area contributed by atoms with Gasteiger partial charge in [0.25, 0.3) is 5.91 Å². The Morgan fingerprint density at radius 1 is 1.33 bits per heavy atom. The van der Waals surface area contributed by atoms with Crippen molar-refractivity contribution >= 4 is 44.4 Å². The third-order valence-corrected chi connectivity index (χ3v) is 4.49. The fraction of sp³-hybridized carbons (Fsp3) is 0.462. The number of hydrogen-bond donors (Lipinski definition) is 2. The zero-order chi connectivity index (χ0) is 14.1. The number of halogens is 2. The van der Waals surface area contributed by atoms with Crippen LogP contribution in [0.3, 0.4) is 0 Å². The maximum absolute atomic E-state index is 12.2. The van der Waals surface area contributed by atoms with E-state index in [1.807, 2.05) is 12.1 Å². The SMILES string of the molecule is CC(C)(O)C(C)(C)NC(=O)c1cc(I)ccc1Br. The van der Waals surface area contributed by atoms with E-state index >= 15 is 0 Å². The molecular weight excluding hydrogens is 409 g/mol. The lowest BCUT2D eigenvalue weighted by Gasteiger charge is -2.38. The molecule has 1 aromatic carbocycles. The molecular formula is C13H17BrINO2. The number of aliphatic hydroxyl groups is 1. The largest absolute Gasteiger partial charge is 0.388 e. The summed E-state index contributed by atoms with van der Waals surface area (Å²) in [5.41, 5.74) is -1.15. The van der Waals surface area contributed by atoms with Gasteiger partial charge in [-0.1, -0.05) is 0 Å². The highest BCUT2D eigenvalue weighted by Gasteiger charge is 2.36. The minimum atomic E-state index is -1.00. The normalized spacial score (nSPS) is 12.4. The van der Waals surface area contributed by atoms with Crippen LogP contribution in [0.5, 0.6) is 0 Å². The number of carbonyl (C=O) groups is 1. The quantitative estimate of drug-likeness (QED) is 0.729. The van der Waals surface area contributed by atoms with Crippen LogP contribution in [0.2, 0.25) is 0 Å². The van der Waals surface area contributed by atoms with E-state index in [0.29, 0.717) is 5.56 Å². The van der Waals surface area contributed by atoms with E-state index in [-0.39, 0.29) is 5.91 Å². The average molecular weight is 426 g/mol. The minimum absolute atomic E-state index is 0.201. The van der Waals surface area contributed by atoms with Gasteiger partial charge in [-0.05, 0) is 84.4 Å². The molecule has 0 saturated carbocycles. The third-order valence-electron chi connectivity index (χ3n) is 3.13. The van der Waals surface area contributed by atoms with Gasteiger partial charge in [-0.15, -0.1) is 0 Å². The minimum Gasteiger partial charge on any atom is -0.388 e. The van der Waals surface area contributed by atoms with Crippen molar-refractivity contribution in [3.63, 3.8) is 0 Å². The second-order valence-electron chi connectivity index (χ2n) is 5.26. The fourth-order valence-electron chi connectivity index (χ4n) is 1.18. The number of amides is 1. The van der Waals surface area contributed by atoms with Crippen molar-refractivity contribution in [3.05, 3.63) is 31.8 Å². The summed E-state index contributed by atoms with van der Waals surface area (Å²) in [6, 6.07) is 5.57. The molecule has 0 spiro atoms. The van der Waals surface area contributed by atoms with E-state index in [2.05, 4.69) is 43.8 Å². The lowest BCUT2D eigenvalue weighted by atomic mass is 9.86. The molecule has 0 aliphatic heterocycles. The van der Waals surface area contributed by atoms with Gasteiger partial charge < -0.3 is 10.4 Å². The van der Waals surface area contributed by atoms with Crippen LogP contribution in [0.4, 0.5) is 0 Å². The molecule has 0 aliphatic carbocycles. The highest BCUT2D eigenvalue weighted by atomic mass is 127. The van der Waals surface area contributed by atoms with Crippen LogP contribution in [-0.2, 0) is 0 Å². The van der Waals surface area contributed by atoms with Gasteiger partial charge in [-0.2, -0.15) is 0 Å². The van der Waals surface area contributed by atoms with Gasteiger partial charge >= 0.3 is 0 Å². The monoisotopic (exact) mass is 425 g/mol. The first-order valence-electron chi connectivity index (χ1n) is 5.54. The van der Waals surface area contributed by atoms with Gasteiger partial charge in [0, 0.05) is 8.04 Å². The molecule has 0 fully saturated rings. The summed E-state index contributed by atoms with van der Waals surface area (Å²) >= 11 is 5.52. The van der Waals surface area contributed by atoms with Crippen LogP contribution >= 0.6 is 38.5 Å². The molecule has 1 rings (SSSR count). The molecule has 0 bridgehead atoms. The Balaban J connectivity index is 3.00. The summed E-state index contributed by atoms with van der Waals surface area (Å²) in [4.78, 5) is 12.2. The summed E-state index contributed by atoms with van der Waals surface area (Å²) in [5, 5.41) is 12.9. The number of hydrogen-bond acceptors (Lipinski definition) is 2. The molecule has 1 amide bonds. The van der Waals surface area contributed by atoms with Crippen molar-refractivity contribution in [2.75, 3.05) is 0 Å². The van der Waals surface area contributed by atoms with Crippen molar-refractivity contribution in [3.8, 4) is 0 Å². The van der Waals surface area contributed by atoms with E-state index < -0.39 is 11.1 Å². The highest BCUT2D eigenvalue weighted by Crippen LogP contribution is 2.24. The Labute approximate surface area is 130 Å². The molecule has 100 valence electrons. The van der Waals surface area contributed by atoms with E-state index in [1.165, 1.54) is 0 Å². The summed E-state index contributed by atoms with van der Waals surface area (Å²) in [6.07, 6.45) is 0. The molecule has 0 aliphatic rings. The Bertz CT molecular complexity index is 467. The molecule has 2 N–H and O–H groups in total. The van der Waals surface area contributed by atoms with Crippen LogP contribution < -0.4 is 5.32 Å². The summed E-state index contributed by atoms with van der Waals surface area (Å²) in [7, 11) is 0. The fourth-order valence-corrected chi connectivity index (χ4v) is 2.09. The number of rotatable bonds is 3. The highest BCUT2D eigenvalue weighted by molar-refractivity contribution is 14.1. The molecule has 0 radical (unpaired) electrons. The smallest absolute Gasteiger partial charge is 0.252 e. The topological polar surface area (TPSA) is 49.3 Å². The first kappa shape index (κ1) is 15.9. The Kier molecular flexibility index (Phi) is 4.83. The third kappa shape index (κ3) is 3.68. The molecule has 0 atom stereocenters. The molecule has 0 heterocycles. The van der Waals surface area contributed by atoms with Crippen molar-refractivity contribution in [2.45, 2.75) is 38.8 Å². The number of carbonyl (C=O) groups excluding carboxylic acids is 1. The van der Waals surface area contributed by atoms with Crippen molar-refractivity contribution in [1.82, 2.24) is 5.32 Å². The molecule has 1 aromatic rings. The average Bonchev–Trinajstić information content (AvgIpc) is 2.19. The van der Waals surface area contributed by atoms with Crippen molar-refractivity contribution in [1.29, 1.82) is 0 Å². The molecule has 0 aromatic heterocycles. The molecule has 3 nitrogen and oxygen atoms in total. The van der Waals surface area contributed by atoms with Gasteiger partial charge in [0.15, 0.2) is 0 Å². The Morgan fingerprint density at radius 2 is 1.89 bits per heavy atom. The van der Waals surface area contributed by atoms with E-state index in [9.17, 15) is 9.90 Å². The molecule has 0 unspecified atom stereocenters. The number of nitrogens with one attached hydrogen (secondary N) is 1.